The van der Waals surface area contributed by atoms with Gasteiger partial charge >= 0.3 is 5.97 Å². The molecular formula is C21H25NO4S. The van der Waals surface area contributed by atoms with E-state index in [9.17, 15) is 14.4 Å². The number of hydrogen-bond donors (Lipinski definition) is 1. The standard InChI is InChI=1S/C21H25NO4S/c1-12-6-8-17(9-7-12)27-11-10-18(24)26-16(5)21(25)20-13(2)19(15(4)23)14(3)22-20/h6-9,16,22H,10-11H2,1-5H3/t16-/m1/s1. The third-order valence-corrected chi connectivity index (χ3v) is 5.32. The van der Waals surface area contributed by atoms with Gasteiger partial charge in [-0.15, -0.1) is 11.8 Å². The van der Waals surface area contributed by atoms with Crippen molar-refractivity contribution in [3.63, 3.8) is 0 Å². The van der Waals surface area contributed by atoms with Gasteiger partial charge in [-0.05, 0) is 52.3 Å². The minimum absolute atomic E-state index is 0.0990. The van der Waals surface area contributed by atoms with Crippen molar-refractivity contribution in [2.45, 2.75) is 52.0 Å². The smallest absolute Gasteiger partial charge is 0.307 e. The number of ether oxygens (including phenoxy) is 1. The fourth-order valence-electron chi connectivity index (χ4n) is 2.92. The highest BCUT2D eigenvalue weighted by Gasteiger charge is 2.25. The molecule has 1 heterocycles. The summed E-state index contributed by atoms with van der Waals surface area (Å²) in [5, 5.41) is 0. The van der Waals surface area contributed by atoms with Gasteiger partial charge in [-0.1, -0.05) is 17.7 Å². The Morgan fingerprint density at radius 2 is 1.74 bits per heavy atom. The Morgan fingerprint density at radius 1 is 1.11 bits per heavy atom. The van der Waals surface area contributed by atoms with Gasteiger partial charge in [0.25, 0.3) is 0 Å². The van der Waals surface area contributed by atoms with E-state index < -0.39 is 12.1 Å². The first kappa shape index (κ1) is 21.0. The first-order valence-corrected chi connectivity index (χ1v) is 9.82. The highest BCUT2D eigenvalue weighted by molar-refractivity contribution is 7.99. The number of hydrogen-bond acceptors (Lipinski definition) is 5. The van der Waals surface area contributed by atoms with Crippen LogP contribution < -0.4 is 0 Å². The summed E-state index contributed by atoms with van der Waals surface area (Å²) in [5.41, 5.74) is 3.28. The summed E-state index contributed by atoms with van der Waals surface area (Å²) in [6, 6.07) is 8.08. The van der Waals surface area contributed by atoms with Crippen molar-refractivity contribution in [2.24, 2.45) is 0 Å². The largest absolute Gasteiger partial charge is 0.454 e. The Hall–Kier alpha value is -2.34. The summed E-state index contributed by atoms with van der Waals surface area (Å²) in [4.78, 5) is 40.4. The van der Waals surface area contributed by atoms with Crippen LogP contribution in [0.25, 0.3) is 0 Å². The molecule has 0 amide bonds. The normalized spacial score (nSPS) is 11.9. The third-order valence-electron chi connectivity index (χ3n) is 4.31. The minimum atomic E-state index is -0.904. The first-order chi connectivity index (χ1) is 12.7. The Labute approximate surface area is 163 Å². The number of thioether (sulfide) groups is 1. The van der Waals surface area contributed by atoms with E-state index in [1.807, 2.05) is 31.2 Å². The van der Waals surface area contributed by atoms with E-state index in [2.05, 4.69) is 4.98 Å². The molecule has 0 saturated heterocycles. The van der Waals surface area contributed by atoms with Gasteiger partial charge in [0.05, 0.1) is 12.1 Å². The van der Waals surface area contributed by atoms with E-state index in [-0.39, 0.29) is 18.0 Å². The number of nitrogens with one attached hydrogen (secondary N) is 1. The highest BCUT2D eigenvalue weighted by atomic mass is 32.2. The summed E-state index contributed by atoms with van der Waals surface area (Å²) in [6.45, 7) is 8.51. The molecule has 0 unspecified atom stereocenters. The molecule has 0 fully saturated rings. The molecular weight excluding hydrogens is 362 g/mol. The molecule has 1 atom stereocenters. The zero-order valence-electron chi connectivity index (χ0n) is 16.3. The molecule has 5 nitrogen and oxygen atoms in total. The van der Waals surface area contributed by atoms with Crippen molar-refractivity contribution in [2.75, 3.05) is 5.75 Å². The lowest BCUT2D eigenvalue weighted by atomic mass is 10.0. The van der Waals surface area contributed by atoms with Crippen molar-refractivity contribution in [3.8, 4) is 0 Å². The van der Waals surface area contributed by atoms with Crippen LogP contribution in [0.2, 0.25) is 0 Å². The topological polar surface area (TPSA) is 76.2 Å². The average molecular weight is 388 g/mol. The van der Waals surface area contributed by atoms with Crippen LogP contribution in [0, 0.1) is 20.8 Å². The number of ketones is 2. The van der Waals surface area contributed by atoms with Crippen LogP contribution in [0.15, 0.2) is 29.2 Å². The quantitative estimate of drug-likeness (QED) is 0.412. The van der Waals surface area contributed by atoms with Crippen LogP contribution in [0.1, 0.15) is 57.9 Å². The summed E-state index contributed by atoms with van der Waals surface area (Å²) >= 11 is 1.57. The zero-order chi connectivity index (χ0) is 20.1. The fraction of sp³-hybridized carbons (Fsp3) is 0.381. The van der Waals surface area contributed by atoms with Crippen molar-refractivity contribution in [1.82, 2.24) is 4.98 Å². The van der Waals surface area contributed by atoms with Gasteiger partial charge in [0, 0.05) is 21.9 Å². The molecule has 0 aliphatic rings. The zero-order valence-corrected chi connectivity index (χ0v) is 17.2. The number of aromatic nitrogens is 1. The van der Waals surface area contributed by atoms with Gasteiger partial charge < -0.3 is 9.72 Å². The summed E-state index contributed by atoms with van der Waals surface area (Å²) < 4.78 is 5.28. The maximum Gasteiger partial charge on any atom is 0.307 e. The Morgan fingerprint density at radius 3 is 2.30 bits per heavy atom. The van der Waals surface area contributed by atoms with Crippen LogP contribution in [0.4, 0.5) is 0 Å². The lowest BCUT2D eigenvalue weighted by Gasteiger charge is -2.12. The molecule has 27 heavy (non-hydrogen) atoms. The first-order valence-electron chi connectivity index (χ1n) is 8.84. The number of aromatic amines is 1. The molecule has 0 aliphatic carbocycles. The lowest BCUT2D eigenvalue weighted by Crippen LogP contribution is -2.25. The van der Waals surface area contributed by atoms with Crippen LogP contribution in [-0.2, 0) is 9.53 Å². The van der Waals surface area contributed by atoms with Gasteiger partial charge in [0.15, 0.2) is 11.9 Å². The predicted molar refractivity (Wildman–Crippen MR) is 107 cm³/mol. The molecule has 0 saturated carbocycles. The molecule has 144 valence electrons. The van der Waals surface area contributed by atoms with E-state index >= 15 is 0 Å². The number of carbonyl (C=O) groups excluding carboxylic acids is 3. The maximum atomic E-state index is 12.6. The highest BCUT2D eigenvalue weighted by Crippen LogP contribution is 2.21. The van der Waals surface area contributed by atoms with Gasteiger partial charge in [-0.3, -0.25) is 14.4 Å². The molecule has 1 aromatic carbocycles. The fourth-order valence-corrected chi connectivity index (χ4v) is 3.76. The molecule has 0 radical (unpaired) electrons. The van der Waals surface area contributed by atoms with Crippen LogP contribution in [0.5, 0.6) is 0 Å². The maximum absolute atomic E-state index is 12.6. The van der Waals surface area contributed by atoms with Gasteiger partial charge in [-0.2, -0.15) is 0 Å². The minimum Gasteiger partial charge on any atom is -0.454 e. The molecule has 1 aromatic heterocycles. The van der Waals surface area contributed by atoms with E-state index in [0.717, 1.165) is 4.90 Å². The van der Waals surface area contributed by atoms with Gasteiger partial charge in [0.1, 0.15) is 0 Å². The number of Topliss-reactive ketones (excluding diaryl/α,β-unsaturated/α-hetero) is 2. The van der Waals surface area contributed by atoms with E-state index in [0.29, 0.717) is 28.3 Å². The second-order valence-electron chi connectivity index (χ2n) is 6.59. The Balaban J connectivity index is 1.90. The number of H-pyrrole nitrogens is 1. The Bertz CT molecular complexity index is 852. The number of rotatable bonds is 8. The number of benzene rings is 1. The summed E-state index contributed by atoms with van der Waals surface area (Å²) in [7, 11) is 0. The Kier molecular flexibility index (Phi) is 7.02. The number of carbonyl (C=O) groups is 3. The van der Waals surface area contributed by atoms with Crippen molar-refractivity contribution in [3.05, 3.63) is 52.3 Å². The van der Waals surface area contributed by atoms with Gasteiger partial charge in [0.2, 0.25) is 5.78 Å². The molecule has 2 aromatic rings. The summed E-state index contributed by atoms with van der Waals surface area (Å²) in [5.74, 6) is -0.262. The lowest BCUT2D eigenvalue weighted by molar-refractivity contribution is -0.145. The van der Waals surface area contributed by atoms with E-state index in [4.69, 9.17) is 4.74 Å². The number of esters is 1. The molecule has 0 spiro atoms. The predicted octanol–water partition coefficient (Wildman–Crippen LogP) is 4.44. The van der Waals surface area contributed by atoms with Crippen molar-refractivity contribution < 1.29 is 19.1 Å². The third kappa shape index (κ3) is 5.32. The van der Waals surface area contributed by atoms with Crippen LogP contribution in [0.3, 0.4) is 0 Å². The molecule has 0 aliphatic heterocycles. The number of aryl methyl sites for hydroxylation is 2. The van der Waals surface area contributed by atoms with E-state index in [1.54, 1.807) is 32.5 Å². The summed E-state index contributed by atoms with van der Waals surface area (Å²) in [6.07, 6.45) is -0.684. The van der Waals surface area contributed by atoms with Gasteiger partial charge in [-0.25, -0.2) is 0 Å². The van der Waals surface area contributed by atoms with Crippen molar-refractivity contribution >= 4 is 29.3 Å². The van der Waals surface area contributed by atoms with Crippen LogP contribution >= 0.6 is 11.8 Å². The molecule has 1 N–H and O–H groups in total. The van der Waals surface area contributed by atoms with E-state index in [1.165, 1.54) is 12.5 Å². The van der Waals surface area contributed by atoms with Crippen LogP contribution in [-0.4, -0.2) is 34.4 Å². The molecule has 6 heteroatoms. The monoisotopic (exact) mass is 387 g/mol. The van der Waals surface area contributed by atoms with Crippen molar-refractivity contribution in [1.29, 1.82) is 0 Å². The second-order valence-corrected chi connectivity index (χ2v) is 7.76. The average Bonchev–Trinajstić information content (AvgIpc) is 2.90. The SMILES string of the molecule is CC(=O)c1c(C)[nH]c(C(=O)[C@@H](C)OC(=O)CCSc2ccc(C)cc2)c1C. The second kappa shape index (κ2) is 9.04. The molecule has 2 rings (SSSR count). The molecule has 0 bridgehead atoms.